The van der Waals surface area contributed by atoms with Crippen LogP contribution in [-0.4, -0.2) is 22.7 Å². The maximum absolute atomic E-state index is 9.63. The standard InChI is InChI=1S/C16H21N3O/c17-13-3-1-2-11(8-13)10-19-16-15-9-14(20)5-4-12(15)6-7-18-16/h4-7,9,11,13,20H,1-3,8,10,17H2,(H,18,19). The maximum atomic E-state index is 9.63. The summed E-state index contributed by atoms with van der Waals surface area (Å²) < 4.78 is 0. The van der Waals surface area contributed by atoms with Gasteiger partial charge in [0.15, 0.2) is 0 Å². The molecular formula is C16H21N3O. The number of phenolic OH excluding ortho intramolecular Hbond substituents is 1. The Balaban J connectivity index is 1.75. The van der Waals surface area contributed by atoms with E-state index in [0.717, 1.165) is 36.0 Å². The number of aromatic nitrogens is 1. The van der Waals surface area contributed by atoms with E-state index in [2.05, 4.69) is 10.3 Å². The van der Waals surface area contributed by atoms with Crippen LogP contribution in [0.2, 0.25) is 0 Å². The lowest BCUT2D eigenvalue weighted by molar-refractivity contribution is 0.335. The molecule has 1 heterocycles. The number of anilines is 1. The van der Waals surface area contributed by atoms with Crippen molar-refractivity contribution in [3.8, 4) is 5.75 Å². The van der Waals surface area contributed by atoms with Crippen molar-refractivity contribution < 1.29 is 5.11 Å². The molecule has 106 valence electrons. The molecule has 0 radical (unpaired) electrons. The minimum atomic E-state index is 0.272. The van der Waals surface area contributed by atoms with E-state index >= 15 is 0 Å². The topological polar surface area (TPSA) is 71.2 Å². The van der Waals surface area contributed by atoms with Crippen molar-refractivity contribution in [2.75, 3.05) is 11.9 Å². The molecule has 2 aromatic rings. The number of rotatable bonds is 3. The third-order valence-corrected chi connectivity index (χ3v) is 4.13. The summed E-state index contributed by atoms with van der Waals surface area (Å²) in [7, 11) is 0. The number of hydrogen-bond acceptors (Lipinski definition) is 4. The zero-order chi connectivity index (χ0) is 13.9. The third kappa shape index (κ3) is 2.85. The smallest absolute Gasteiger partial charge is 0.133 e. The summed E-state index contributed by atoms with van der Waals surface area (Å²) in [6.07, 6.45) is 6.49. The van der Waals surface area contributed by atoms with E-state index in [1.54, 1.807) is 18.3 Å². The summed E-state index contributed by atoms with van der Waals surface area (Å²) in [6, 6.07) is 7.67. The monoisotopic (exact) mass is 271 g/mol. The van der Waals surface area contributed by atoms with Crippen molar-refractivity contribution in [3.63, 3.8) is 0 Å². The van der Waals surface area contributed by atoms with Crippen LogP contribution in [0.1, 0.15) is 25.7 Å². The van der Waals surface area contributed by atoms with Crippen molar-refractivity contribution in [2.45, 2.75) is 31.7 Å². The third-order valence-electron chi connectivity index (χ3n) is 4.13. The fourth-order valence-corrected chi connectivity index (χ4v) is 3.06. The minimum absolute atomic E-state index is 0.272. The normalized spacial score (nSPS) is 22.9. The maximum Gasteiger partial charge on any atom is 0.133 e. The second-order valence-electron chi connectivity index (χ2n) is 5.74. The summed E-state index contributed by atoms with van der Waals surface area (Å²) in [5.41, 5.74) is 6.03. The Labute approximate surface area is 119 Å². The second kappa shape index (κ2) is 5.67. The number of nitrogens with one attached hydrogen (secondary N) is 1. The summed E-state index contributed by atoms with van der Waals surface area (Å²) in [6.45, 7) is 0.898. The molecule has 4 nitrogen and oxygen atoms in total. The predicted octanol–water partition coefficient (Wildman–Crippen LogP) is 2.87. The van der Waals surface area contributed by atoms with Gasteiger partial charge in [-0.2, -0.15) is 0 Å². The van der Waals surface area contributed by atoms with E-state index in [1.807, 2.05) is 12.1 Å². The van der Waals surface area contributed by atoms with Gasteiger partial charge >= 0.3 is 0 Å². The average Bonchev–Trinajstić information content (AvgIpc) is 2.45. The highest BCUT2D eigenvalue weighted by atomic mass is 16.3. The Kier molecular flexibility index (Phi) is 3.74. The van der Waals surface area contributed by atoms with Crippen molar-refractivity contribution >= 4 is 16.6 Å². The van der Waals surface area contributed by atoms with Crippen LogP contribution >= 0.6 is 0 Å². The van der Waals surface area contributed by atoms with Gasteiger partial charge in [0.2, 0.25) is 0 Å². The Hall–Kier alpha value is -1.81. The fraction of sp³-hybridized carbons (Fsp3) is 0.438. The van der Waals surface area contributed by atoms with E-state index < -0.39 is 0 Å². The van der Waals surface area contributed by atoms with E-state index in [0.29, 0.717) is 12.0 Å². The van der Waals surface area contributed by atoms with Gasteiger partial charge in [-0.1, -0.05) is 12.5 Å². The van der Waals surface area contributed by atoms with Gasteiger partial charge in [0, 0.05) is 24.2 Å². The summed E-state index contributed by atoms with van der Waals surface area (Å²) in [4.78, 5) is 4.40. The molecule has 1 fully saturated rings. The number of fused-ring (bicyclic) bond motifs is 1. The molecule has 0 bridgehead atoms. The molecule has 2 atom stereocenters. The molecule has 0 saturated heterocycles. The van der Waals surface area contributed by atoms with Crippen LogP contribution in [0, 0.1) is 5.92 Å². The summed E-state index contributed by atoms with van der Waals surface area (Å²) in [5, 5.41) is 15.1. The molecule has 4 N–H and O–H groups in total. The van der Waals surface area contributed by atoms with Gasteiger partial charge in [0.25, 0.3) is 0 Å². The highest BCUT2D eigenvalue weighted by molar-refractivity contribution is 5.92. The summed E-state index contributed by atoms with van der Waals surface area (Å²) >= 11 is 0. The van der Waals surface area contributed by atoms with Gasteiger partial charge in [-0.25, -0.2) is 4.98 Å². The largest absolute Gasteiger partial charge is 0.508 e. The predicted molar refractivity (Wildman–Crippen MR) is 81.8 cm³/mol. The molecule has 1 aliphatic rings. The van der Waals surface area contributed by atoms with Gasteiger partial charge in [-0.05, 0) is 48.8 Å². The van der Waals surface area contributed by atoms with Crippen LogP contribution in [0.5, 0.6) is 5.75 Å². The Morgan fingerprint density at radius 3 is 3.05 bits per heavy atom. The molecule has 0 aliphatic heterocycles. The fourth-order valence-electron chi connectivity index (χ4n) is 3.06. The van der Waals surface area contributed by atoms with Crippen LogP contribution < -0.4 is 11.1 Å². The van der Waals surface area contributed by atoms with Crippen molar-refractivity contribution in [1.82, 2.24) is 4.98 Å². The Morgan fingerprint density at radius 1 is 1.30 bits per heavy atom. The molecule has 1 aromatic carbocycles. The first kappa shape index (κ1) is 13.2. The molecule has 1 saturated carbocycles. The number of hydrogen-bond donors (Lipinski definition) is 3. The molecular weight excluding hydrogens is 250 g/mol. The van der Waals surface area contributed by atoms with Crippen LogP contribution in [-0.2, 0) is 0 Å². The lowest BCUT2D eigenvalue weighted by Gasteiger charge is -2.27. The SMILES string of the molecule is NC1CCCC(CNc2nccc3ccc(O)cc23)C1. The number of aromatic hydroxyl groups is 1. The lowest BCUT2D eigenvalue weighted by atomic mass is 9.86. The molecule has 0 spiro atoms. The number of nitrogens with two attached hydrogens (primary N) is 1. The molecule has 1 aromatic heterocycles. The van der Waals surface area contributed by atoms with Crippen LogP contribution in [0.15, 0.2) is 30.5 Å². The lowest BCUT2D eigenvalue weighted by Crippen LogP contribution is -2.31. The number of phenols is 1. The number of nitrogens with zero attached hydrogens (tertiary/aromatic N) is 1. The summed E-state index contributed by atoms with van der Waals surface area (Å²) in [5.74, 6) is 1.74. The Morgan fingerprint density at radius 2 is 2.20 bits per heavy atom. The van der Waals surface area contributed by atoms with Crippen LogP contribution in [0.3, 0.4) is 0 Å². The van der Waals surface area contributed by atoms with Crippen molar-refractivity contribution in [1.29, 1.82) is 0 Å². The van der Waals surface area contributed by atoms with Gasteiger partial charge in [0.05, 0.1) is 0 Å². The molecule has 4 heteroatoms. The quantitative estimate of drug-likeness (QED) is 0.802. The van der Waals surface area contributed by atoms with Gasteiger partial charge in [-0.3, -0.25) is 0 Å². The van der Waals surface area contributed by atoms with Crippen molar-refractivity contribution in [3.05, 3.63) is 30.5 Å². The minimum Gasteiger partial charge on any atom is -0.508 e. The molecule has 1 aliphatic carbocycles. The van der Waals surface area contributed by atoms with Gasteiger partial charge in [-0.15, -0.1) is 0 Å². The van der Waals surface area contributed by atoms with E-state index in [-0.39, 0.29) is 5.75 Å². The van der Waals surface area contributed by atoms with Crippen LogP contribution in [0.25, 0.3) is 10.8 Å². The van der Waals surface area contributed by atoms with E-state index in [9.17, 15) is 5.11 Å². The number of benzene rings is 1. The van der Waals surface area contributed by atoms with E-state index in [4.69, 9.17) is 5.73 Å². The van der Waals surface area contributed by atoms with Gasteiger partial charge in [0.1, 0.15) is 11.6 Å². The zero-order valence-corrected chi connectivity index (χ0v) is 11.5. The Bertz CT molecular complexity index is 599. The zero-order valence-electron chi connectivity index (χ0n) is 11.5. The van der Waals surface area contributed by atoms with Crippen molar-refractivity contribution in [2.24, 2.45) is 11.7 Å². The highest BCUT2D eigenvalue weighted by Crippen LogP contribution is 2.27. The average molecular weight is 271 g/mol. The second-order valence-corrected chi connectivity index (χ2v) is 5.74. The molecule has 0 amide bonds. The first-order valence-corrected chi connectivity index (χ1v) is 7.29. The molecule has 20 heavy (non-hydrogen) atoms. The number of pyridine rings is 1. The first-order valence-electron chi connectivity index (χ1n) is 7.29. The molecule has 3 rings (SSSR count). The van der Waals surface area contributed by atoms with Gasteiger partial charge < -0.3 is 16.2 Å². The van der Waals surface area contributed by atoms with E-state index in [1.165, 1.54) is 12.8 Å². The molecule has 2 unspecified atom stereocenters. The first-order chi connectivity index (χ1) is 9.72. The highest BCUT2D eigenvalue weighted by Gasteiger charge is 2.19. The van der Waals surface area contributed by atoms with Crippen LogP contribution in [0.4, 0.5) is 5.82 Å².